The number of hydrogen-bond donors (Lipinski definition) is 1. The van der Waals surface area contributed by atoms with Gasteiger partial charge in [-0.2, -0.15) is 13.2 Å². The molecule has 0 rings (SSSR count). The third kappa shape index (κ3) is 7.16. The number of rotatable bonds is 3. The molecule has 0 heterocycles. The average Bonchev–Trinajstić information content (AvgIpc) is 1.85. The van der Waals surface area contributed by atoms with Crippen LogP contribution in [0.25, 0.3) is 0 Å². The van der Waals surface area contributed by atoms with Crippen LogP contribution < -0.4 is 0 Å². The highest BCUT2D eigenvalue weighted by atomic mass is 19.4. The first-order valence-electron chi connectivity index (χ1n) is 2.74. The quantitative estimate of drug-likeness (QED) is 0.624. The summed E-state index contributed by atoms with van der Waals surface area (Å²) in [6.07, 6.45) is -0.972. The lowest BCUT2D eigenvalue weighted by atomic mass is 10.4. The van der Waals surface area contributed by atoms with Gasteiger partial charge in [-0.3, -0.25) is 0 Å². The van der Waals surface area contributed by atoms with Crippen molar-refractivity contribution in [1.29, 1.82) is 0 Å². The number of ether oxygens (including phenoxy) is 1. The van der Waals surface area contributed by atoms with E-state index in [2.05, 4.69) is 11.2 Å². The second kappa shape index (κ2) is 4.21. The number of hydrogen-bond acceptors (Lipinski definition) is 2. The molecule has 1 atom stereocenters. The van der Waals surface area contributed by atoms with Crippen molar-refractivity contribution in [2.45, 2.75) is 12.3 Å². The Labute approximate surface area is 62.0 Å². The number of aliphatic hydroxyl groups is 1. The summed E-state index contributed by atoms with van der Waals surface area (Å²) in [5, 5.41) is 8.53. The van der Waals surface area contributed by atoms with Gasteiger partial charge < -0.3 is 9.84 Å². The van der Waals surface area contributed by atoms with Gasteiger partial charge in [-0.1, -0.05) is 5.92 Å². The van der Waals surface area contributed by atoms with Gasteiger partial charge in [0, 0.05) is 0 Å². The third-order valence-electron chi connectivity index (χ3n) is 0.734. The molecular formula is C6H7F3O2. The Hall–Kier alpha value is -0.730. The highest BCUT2D eigenvalue weighted by Crippen LogP contribution is 2.14. The van der Waals surface area contributed by atoms with E-state index in [1.54, 1.807) is 0 Å². The van der Waals surface area contributed by atoms with E-state index in [1.807, 2.05) is 5.92 Å². The minimum atomic E-state index is -4.37. The predicted octanol–water partition coefficient (Wildman–Crippen LogP) is 0.559. The summed E-state index contributed by atoms with van der Waals surface area (Å²) in [5.74, 6) is 1.81. The monoisotopic (exact) mass is 168 g/mol. The highest BCUT2D eigenvalue weighted by molar-refractivity contribution is 4.92. The molecule has 0 aromatic heterocycles. The van der Waals surface area contributed by atoms with Crippen LogP contribution in [0.15, 0.2) is 0 Å². The molecule has 11 heavy (non-hydrogen) atoms. The summed E-state index contributed by atoms with van der Waals surface area (Å²) in [5.41, 5.74) is 0. The summed E-state index contributed by atoms with van der Waals surface area (Å²) in [6, 6.07) is 0. The predicted molar refractivity (Wildman–Crippen MR) is 31.7 cm³/mol. The topological polar surface area (TPSA) is 29.5 Å². The van der Waals surface area contributed by atoms with Crippen LogP contribution in [0.5, 0.6) is 0 Å². The normalized spacial score (nSPS) is 14.1. The molecule has 64 valence electrons. The van der Waals surface area contributed by atoms with E-state index in [1.165, 1.54) is 0 Å². The Morgan fingerprint density at radius 1 is 1.55 bits per heavy atom. The number of terminal acetylenes is 1. The van der Waals surface area contributed by atoms with Crippen LogP contribution in [0.4, 0.5) is 13.2 Å². The van der Waals surface area contributed by atoms with Crippen molar-refractivity contribution in [1.82, 2.24) is 0 Å². The SMILES string of the molecule is C#CC(O)COCC(F)(F)F. The summed E-state index contributed by atoms with van der Waals surface area (Å²) in [7, 11) is 0. The van der Waals surface area contributed by atoms with Gasteiger partial charge in [0.05, 0.1) is 6.61 Å². The van der Waals surface area contributed by atoms with Crippen LogP contribution in [-0.2, 0) is 4.74 Å². The first kappa shape index (κ1) is 10.3. The number of aliphatic hydroxyl groups excluding tert-OH is 1. The fraction of sp³-hybridized carbons (Fsp3) is 0.667. The van der Waals surface area contributed by atoms with Gasteiger partial charge in [-0.05, 0) is 0 Å². The van der Waals surface area contributed by atoms with Gasteiger partial charge in [0.2, 0.25) is 0 Å². The van der Waals surface area contributed by atoms with Crippen molar-refractivity contribution in [3.05, 3.63) is 0 Å². The van der Waals surface area contributed by atoms with Crippen molar-refractivity contribution in [2.24, 2.45) is 0 Å². The Kier molecular flexibility index (Phi) is 3.93. The van der Waals surface area contributed by atoms with Crippen LogP contribution in [0.1, 0.15) is 0 Å². The van der Waals surface area contributed by atoms with Gasteiger partial charge in [-0.25, -0.2) is 0 Å². The standard InChI is InChI=1S/C6H7F3O2/c1-2-5(10)3-11-4-6(7,8)9/h1,5,10H,3-4H2. The molecule has 0 bridgehead atoms. The van der Waals surface area contributed by atoms with E-state index in [-0.39, 0.29) is 0 Å². The van der Waals surface area contributed by atoms with Crippen molar-refractivity contribution in [3.63, 3.8) is 0 Å². The largest absolute Gasteiger partial charge is 0.411 e. The summed E-state index contributed by atoms with van der Waals surface area (Å²) >= 11 is 0. The second-order valence-corrected chi connectivity index (χ2v) is 1.81. The lowest BCUT2D eigenvalue weighted by Crippen LogP contribution is -2.21. The molecule has 0 radical (unpaired) electrons. The zero-order valence-electron chi connectivity index (χ0n) is 5.56. The molecule has 0 saturated heterocycles. The highest BCUT2D eigenvalue weighted by Gasteiger charge is 2.27. The Morgan fingerprint density at radius 3 is 2.45 bits per heavy atom. The lowest BCUT2D eigenvalue weighted by molar-refractivity contribution is -0.177. The van der Waals surface area contributed by atoms with E-state index in [0.29, 0.717) is 0 Å². The second-order valence-electron chi connectivity index (χ2n) is 1.81. The average molecular weight is 168 g/mol. The molecule has 0 aliphatic heterocycles. The van der Waals surface area contributed by atoms with E-state index in [9.17, 15) is 13.2 Å². The maximum absolute atomic E-state index is 11.4. The van der Waals surface area contributed by atoms with E-state index in [4.69, 9.17) is 5.11 Å². The molecule has 0 saturated carbocycles. The summed E-state index contributed by atoms with van der Waals surface area (Å²) in [4.78, 5) is 0. The molecular weight excluding hydrogens is 161 g/mol. The summed E-state index contributed by atoms with van der Waals surface area (Å²) in [6.45, 7) is -1.87. The molecule has 1 unspecified atom stereocenters. The van der Waals surface area contributed by atoms with Crippen LogP contribution in [-0.4, -0.2) is 30.6 Å². The van der Waals surface area contributed by atoms with Crippen molar-refractivity contribution in [2.75, 3.05) is 13.2 Å². The Balaban J connectivity index is 3.37. The van der Waals surface area contributed by atoms with E-state index in [0.717, 1.165) is 0 Å². The zero-order valence-corrected chi connectivity index (χ0v) is 5.56. The Morgan fingerprint density at radius 2 is 2.09 bits per heavy atom. The maximum atomic E-state index is 11.4. The van der Waals surface area contributed by atoms with Gasteiger partial charge in [0.15, 0.2) is 0 Å². The van der Waals surface area contributed by atoms with Gasteiger partial charge in [0.1, 0.15) is 12.7 Å². The van der Waals surface area contributed by atoms with Crippen LogP contribution in [0, 0.1) is 12.3 Å². The molecule has 0 amide bonds. The van der Waals surface area contributed by atoms with E-state index >= 15 is 0 Å². The maximum Gasteiger partial charge on any atom is 0.411 e. The molecule has 0 fully saturated rings. The number of alkyl halides is 3. The molecule has 0 aliphatic carbocycles. The minimum absolute atomic E-state index is 0.490. The molecule has 2 nitrogen and oxygen atoms in total. The summed E-state index contributed by atoms with van der Waals surface area (Å²) < 4.78 is 38.1. The van der Waals surface area contributed by atoms with Gasteiger partial charge in [-0.15, -0.1) is 6.42 Å². The molecule has 0 aromatic carbocycles. The lowest BCUT2D eigenvalue weighted by Gasteiger charge is -2.07. The molecule has 1 N–H and O–H groups in total. The molecule has 0 aliphatic rings. The third-order valence-corrected chi connectivity index (χ3v) is 0.734. The first-order valence-corrected chi connectivity index (χ1v) is 2.74. The first-order chi connectivity index (χ1) is 4.95. The van der Waals surface area contributed by atoms with Gasteiger partial charge >= 0.3 is 6.18 Å². The van der Waals surface area contributed by atoms with Gasteiger partial charge in [0.25, 0.3) is 0 Å². The molecule has 0 spiro atoms. The van der Waals surface area contributed by atoms with E-state index < -0.39 is 25.5 Å². The minimum Gasteiger partial charge on any atom is -0.378 e. The Bertz CT molecular complexity index is 147. The van der Waals surface area contributed by atoms with Crippen LogP contribution >= 0.6 is 0 Å². The van der Waals surface area contributed by atoms with Crippen LogP contribution in [0.3, 0.4) is 0 Å². The van der Waals surface area contributed by atoms with Crippen molar-refractivity contribution < 1.29 is 23.0 Å². The smallest absolute Gasteiger partial charge is 0.378 e. The molecule has 5 heteroatoms. The zero-order chi connectivity index (χ0) is 8.91. The number of halogens is 3. The van der Waals surface area contributed by atoms with Crippen molar-refractivity contribution in [3.8, 4) is 12.3 Å². The van der Waals surface area contributed by atoms with Crippen molar-refractivity contribution >= 4 is 0 Å². The fourth-order valence-electron chi connectivity index (χ4n) is 0.334. The van der Waals surface area contributed by atoms with Crippen LogP contribution in [0.2, 0.25) is 0 Å². The molecule has 0 aromatic rings. The fourth-order valence-corrected chi connectivity index (χ4v) is 0.334.